The highest BCUT2D eigenvalue weighted by Gasteiger charge is 1.91. The van der Waals surface area contributed by atoms with Crippen molar-refractivity contribution >= 4 is 0 Å². The molecule has 0 saturated carbocycles. The number of aryl methyl sites for hydroxylation is 1. The molecule has 1 heterocycles. The van der Waals surface area contributed by atoms with Crippen LogP contribution in [0.5, 0.6) is 0 Å². The van der Waals surface area contributed by atoms with Gasteiger partial charge in [-0.1, -0.05) is 13.8 Å². The average molecular weight is 210 g/mol. The van der Waals surface area contributed by atoms with Crippen LogP contribution in [0.1, 0.15) is 25.1 Å². The fourth-order valence-corrected chi connectivity index (χ4v) is 1.10. The van der Waals surface area contributed by atoms with Gasteiger partial charge in [-0.15, -0.1) is 0 Å². The normalized spacial score (nSPS) is 9.33. The van der Waals surface area contributed by atoms with Gasteiger partial charge in [-0.25, -0.2) is 0 Å². The predicted octanol–water partition coefficient (Wildman–Crippen LogP) is 1.54. The monoisotopic (exact) mass is 210 g/mol. The summed E-state index contributed by atoms with van der Waals surface area (Å²) in [4.78, 5) is 4.07. The molecule has 2 N–H and O–H groups in total. The molecule has 1 aromatic heterocycles. The summed E-state index contributed by atoms with van der Waals surface area (Å²) in [6.45, 7) is 8.58. The topological polar surface area (TPSA) is 45.2 Å². The molecule has 0 atom stereocenters. The minimum Gasteiger partial charge on any atom is -0.396 e. The van der Waals surface area contributed by atoms with Gasteiger partial charge in [0, 0.05) is 24.9 Å². The third-order valence-electron chi connectivity index (χ3n) is 1.84. The van der Waals surface area contributed by atoms with Crippen LogP contribution in [-0.4, -0.2) is 29.8 Å². The summed E-state index contributed by atoms with van der Waals surface area (Å²) >= 11 is 0. The Morgan fingerprint density at radius 3 is 2.40 bits per heavy atom. The highest BCUT2D eigenvalue weighted by molar-refractivity contribution is 5.14. The zero-order valence-corrected chi connectivity index (χ0v) is 9.95. The Kier molecular flexibility index (Phi) is 9.02. The van der Waals surface area contributed by atoms with Crippen molar-refractivity contribution in [3.63, 3.8) is 0 Å². The quantitative estimate of drug-likeness (QED) is 0.792. The first kappa shape index (κ1) is 14.1. The molecule has 0 bridgehead atoms. The highest BCUT2D eigenvalue weighted by atomic mass is 16.3. The van der Waals surface area contributed by atoms with E-state index >= 15 is 0 Å². The first-order valence-electron chi connectivity index (χ1n) is 5.47. The minimum atomic E-state index is 0.177. The molecule has 15 heavy (non-hydrogen) atoms. The second-order valence-corrected chi connectivity index (χ2v) is 3.26. The maximum Gasteiger partial charge on any atom is 0.0486 e. The predicted molar refractivity (Wildman–Crippen MR) is 64.0 cm³/mol. The number of hydrogen-bond donors (Lipinski definition) is 2. The molecule has 1 aromatic rings. The van der Waals surface area contributed by atoms with Gasteiger partial charge in [-0.05, 0) is 37.7 Å². The van der Waals surface area contributed by atoms with E-state index in [-0.39, 0.29) is 6.61 Å². The van der Waals surface area contributed by atoms with Crippen molar-refractivity contribution in [1.29, 1.82) is 0 Å². The zero-order valence-electron chi connectivity index (χ0n) is 9.95. The molecule has 0 aromatic carbocycles. The van der Waals surface area contributed by atoms with E-state index in [1.54, 1.807) is 6.20 Å². The summed E-state index contributed by atoms with van der Waals surface area (Å²) in [5, 5.41) is 11.7. The van der Waals surface area contributed by atoms with Crippen LogP contribution in [0.3, 0.4) is 0 Å². The lowest BCUT2D eigenvalue weighted by Gasteiger charge is -1.96. The second-order valence-electron chi connectivity index (χ2n) is 3.26. The van der Waals surface area contributed by atoms with Gasteiger partial charge in [0.2, 0.25) is 0 Å². The standard InChI is InChI=1S/C8H11NO.C4H11N/c1-7-2-4-9-8(6-7)3-5-10;1-3-5-4-2/h2,4,6,10H,3,5H2,1H3;5H,3-4H2,1-2H3. The number of aromatic nitrogens is 1. The van der Waals surface area contributed by atoms with Gasteiger partial charge in [-0.3, -0.25) is 4.98 Å². The molecule has 0 aliphatic rings. The highest BCUT2D eigenvalue weighted by Crippen LogP contribution is 1.99. The maximum atomic E-state index is 8.57. The Bertz CT molecular complexity index is 249. The lowest BCUT2D eigenvalue weighted by molar-refractivity contribution is 0.298. The molecule has 0 radical (unpaired) electrons. The van der Waals surface area contributed by atoms with Gasteiger partial charge < -0.3 is 10.4 Å². The smallest absolute Gasteiger partial charge is 0.0486 e. The molecule has 86 valence electrons. The second kappa shape index (κ2) is 9.62. The van der Waals surface area contributed by atoms with Crippen LogP contribution in [0.15, 0.2) is 18.3 Å². The third-order valence-corrected chi connectivity index (χ3v) is 1.84. The summed E-state index contributed by atoms with van der Waals surface area (Å²) in [6.07, 6.45) is 2.42. The molecule has 0 spiro atoms. The van der Waals surface area contributed by atoms with Crippen molar-refractivity contribution in [2.75, 3.05) is 19.7 Å². The van der Waals surface area contributed by atoms with Crippen molar-refractivity contribution in [3.8, 4) is 0 Å². The summed E-state index contributed by atoms with van der Waals surface area (Å²) in [6, 6.07) is 3.93. The average Bonchev–Trinajstić information content (AvgIpc) is 2.20. The lowest BCUT2D eigenvalue weighted by atomic mass is 10.2. The van der Waals surface area contributed by atoms with E-state index in [1.807, 2.05) is 19.1 Å². The van der Waals surface area contributed by atoms with Gasteiger partial charge in [0.25, 0.3) is 0 Å². The summed E-state index contributed by atoms with van der Waals surface area (Å²) in [5.74, 6) is 0. The number of aliphatic hydroxyl groups is 1. The third kappa shape index (κ3) is 8.09. The zero-order chi connectivity index (χ0) is 11.5. The number of rotatable bonds is 4. The molecular formula is C12H22N2O. The maximum absolute atomic E-state index is 8.57. The SMILES string of the molecule is CCNCC.Cc1ccnc(CCO)c1. The fourth-order valence-electron chi connectivity index (χ4n) is 1.10. The van der Waals surface area contributed by atoms with Gasteiger partial charge >= 0.3 is 0 Å². The summed E-state index contributed by atoms with van der Waals surface area (Å²) < 4.78 is 0. The van der Waals surface area contributed by atoms with Crippen molar-refractivity contribution in [3.05, 3.63) is 29.6 Å². The Labute approximate surface area is 92.6 Å². The molecule has 1 rings (SSSR count). The van der Waals surface area contributed by atoms with Gasteiger partial charge in [-0.2, -0.15) is 0 Å². The van der Waals surface area contributed by atoms with E-state index in [4.69, 9.17) is 5.11 Å². The Morgan fingerprint density at radius 1 is 1.33 bits per heavy atom. The number of hydrogen-bond acceptors (Lipinski definition) is 3. The minimum absolute atomic E-state index is 0.177. The van der Waals surface area contributed by atoms with Crippen molar-refractivity contribution in [1.82, 2.24) is 10.3 Å². The molecule has 3 heteroatoms. The molecule has 3 nitrogen and oxygen atoms in total. The van der Waals surface area contributed by atoms with Crippen LogP contribution in [0, 0.1) is 6.92 Å². The first-order chi connectivity index (χ1) is 7.24. The number of pyridine rings is 1. The van der Waals surface area contributed by atoms with Crippen molar-refractivity contribution < 1.29 is 5.11 Å². The number of nitrogens with zero attached hydrogens (tertiary/aromatic N) is 1. The van der Waals surface area contributed by atoms with Crippen LogP contribution in [0.25, 0.3) is 0 Å². The Balaban J connectivity index is 0.000000336. The first-order valence-corrected chi connectivity index (χ1v) is 5.47. The van der Waals surface area contributed by atoms with Gasteiger partial charge in [0.05, 0.1) is 0 Å². The summed E-state index contributed by atoms with van der Waals surface area (Å²) in [5.41, 5.74) is 2.15. The van der Waals surface area contributed by atoms with Crippen LogP contribution in [0.4, 0.5) is 0 Å². The van der Waals surface area contributed by atoms with Gasteiger partial charge in [0.1, 0.15) is 0 Å². The molecule has 0 amide bonds. The van der Waals surface area contributed by atoms with Crippen LogP contribution in [0.2, 0.25) is 0 Å². The lowest BCUT2D eigenvalue weighted by Crippen LogP contribution is -2.09. The molecule has 0 fully saturated rings. The van der Waals surface area contributed by atoms with E-state index in [1.165, 1.54) is 5.56 Å². The molecule has 0 saturated heterocycles. The molecular weight excluding hydrogens is 188 g/mol. The van der Waals surface area contributed by atoms with Gasteiger partial charge in [0.15, 0.2) is 0 Å². The number of aliphatic hydroxyl groups excluding tert-OH is 1. The van der Waals surface area contributed by atoms with Crippen molar-refractivity contribution in [2.24, 2.45) is 0 Å². The number of nitrogens with one attached hydrogen (secondary N) is 1. The van der Waals surface area contributed by atoms with E-state index in [0.29, 0.717) is 6.42 Å². The van der Waals surface area contributed by atoms with E-state index in [2.05, 4.69) is 24.1 Å². The van der Waals surface area contributed by atoms with E-state index in [0.717, 1.165) is 18.8 Å². The fraction of sp³-hybridized carbons (Fsp3) is 0.583. The largest absolute Gasteiger partial charge is 0.396 e. The Hall–Kier alpha value is -0.930. The van der Waals surface area contributed by atoms with E-state index in [9.17, 15) is 0 Å². The molecule has 0 aliphatic carbocycles. The van der Waals surface area contributed by atoms with Crippen LogP contribution >= 0.6 is 0 Å². The van der Waals surface area contributed by atoms with Crippen molar-refractivity contribution in [2.45, 2.75) is 27.2 Å². The summed E-state index contributed by atoms with van der Waals surface area (Å²) in [7, 11) is 0. The Morgan fingerprint density at radius 2 is 2.00 bits per heavy atom. The van der Waals surface area contributed by atoms with Crippen LogP contribution in [-0.2, 0) is 6.42 Å². The molecule has 0 unspecified atom stereocenters. The molecule has 0 aliphatic heterocycles. The van der Waals surface area contributed by atoms with Crippen LogP contribution < -0.4 is 5.32 Å². The van der Waals surface area contributed by atoms with E-state index < -0.39 is 0 Å².